The SMILES string of the molecule is Cc1cc(F)ccc1NC(=O)CN1CC=C(c2ccccn2)CC1. The first-order valence-corrected chi connectivity index (χ1v) is 8.00. The Morgan fingerprint density at radius 3 is 2.88 bits per heavy atom. The Bertz CT molecular complexity index is 758. The molecular weight excluding hydrogens is 305 g/mol. The summed E-state index contributed by atoms with van der Waals surface area (Å²) in [5.74, 6) is -0.381. The van der Waals surface area contributed by atoms with E-state index in [1.54, 1.807) is 19.2 Å². The molecule has 0 saturated heterocycles. The summed E-state index contributed by atoms with van der Waals surface area (Å²) in [5, 5.41) is 2.85. The van der Waals surface area contributed by atoms with E-state index in [-0.39, 0.29) is 11.7 Å². The van der Waals surface area contributed by atoms with Crippen molar-refractivity contribution in [2.45, 2.75) is 13.3 Å². The Morgan fingerprint density at radius 1 is 1.33 bits per heavy atom. The quantitative estimate of drug-likeness (QED) is 0.938. The largest absolute Gasteiger partial charge is 0.325 e. The van der Waals surface area contributed by atoms with Crippen molar-refractivity contribution in [2.24, 2.45) is 0 Å². The van der Waals surface area contributed by atoms with Gasteiger partial charge in [-0.25, -0.2) is 4.39 Å². The molecule has 0 atom stereocenters. The second-order valence-electron chi connectivity index (χ2n) is 5.94. The normalized spacial score (nSPS) is 15.0. The summed E-state index contributed by atoms with van der Waals surface area (Å²) >= 11 is 0. The average Bonchev–Trinajstić information content (AvgIpc) is 2.59. The highest BCUT2D eigenvalue weighted by Gasteiger charge is 2.16. The van der Waals surface area contributed by atoms with Crippen molar-refractivity contribution in [3.05, 3.63) is 65.7 Å². The summed E-state index contributed by atoms with van der Waals surface area (Å²) in [7, 11) is 0. The van der Waals surface area contributed by atoms with Crippen LogP contribution in [0.15, 0.2) is 48.7 Å². The van der Waals surface area contributed by atoms with E-state index in [4.69, 9.17) is 0 Å². The molecule has 1 aromatic heterocycles. The van der Waals surface area contributed by atoms with Gasteiger partial charge in [-0.2, -0.15) is 0 Å². The lowest BCUT2D eigenvalue weighted by molar-refractivity contribution is -0.117. The number of nitrogens with zero attached hydrogens (tertiary/aromatic N) is 2. The van der Waals surface area contributed by atoms with Gasteiger partial charge < -0.3 is 5.32 Å². The van der Waals surface area contributed by atoms with Crippen LogP contribution < -0.4 is 5.32 Å². The van der Waals surface area contributed by atoms with Gasteiger partial charge in [0.05, 0.1) is 12.2 Å². The monoisotopic (exact) mass is 325 g/mol. The van der Waals surface area contributed by atoms with Gasteiger partial charge in [0, 0.05) is 25.0 Å². The number of aryl methyl sites for hydroxylation is 1. The van der Waals surface area contributed by atoms with Gasteiger partial charge in [-0.05, 0) is 54.8 Å². The molecule has 24 heavy (non-hydrogen) atoms. The third-order valence-corrected chi connectivity index (χ3v) is 4.12. The number of aromatic nitrogens is 1. The van der Waals surface area contributed by atoms with Crippen LogP contribution in [-0.2, 0) is 4.79 Å². The van der Waals surface area contributed by atoms with Crippen LogP contribution in [0.4, 0.5) is 10.1 Å². The van der Waals surface area contributed by atoms with Crippen molar-refractivity contribution < 1.29 is 9.18 Å². The maximum Gasteiger partial charge on any atom is 0.238 e. The van der Waals surface area contributed by atoms with Crippen molar-refractivity contribution in [3.63, 3.8) is 0 Å². The zero-order valence-corrected chi connectivity index (χ0v) is 13.6. The summed E-state index contributed by atoms with van der Waals surface area (Å²) in [5.41, 5.74) is 3.60. The molecular formula is C19H20FN3O. The van der Waals surface area contributed by atoms with E-state index < -0.39 is 0 Å². The van der Waals surface area contributed by atoms with Gasteiger partial charge in [-0.3, -0.25) is 14.7 Å². The van der Waals surface area contributed by atoms with E-state index >= 15 is 0 Å². The first-order valence-electron chi connectivity index (χ1n) is 8.00. The van der Waals surface area contributed by atoms with Crippen LogP contribution in [0.25, 0.3) is 5.57 Å². The van der Waals surface area contributed by atoms with Gasteiger partial charge >= 0.3 is 0 Å². The molecule has 2 aromatic rings. The zero-order valence-electron chi connectivity index (χ0n) is 13.6. The lowest BCUT2D eigenvalue weighted by atomic mass is 10.0. The Kier molecular flexibility index (Phi) is 5.01. The molecule has 1 aliphatic rings. The summed E-state index contributed by atoms with van der Waals surface area (Å²) in [6, 6.07) is 10.3. The highest BCUT2D eigenvalue weighted by Crippen LogP contribution is 2.20. The van der Waals surface area contributed by atoms with Crippen molar-refractivity contribution in [3.8, 4) is 0 Å². The molecule has 124 valence electrons. The third-order valence-electron chi connectivity index (χ3n) is 4.12. The summed E-state index contributed by atoms with van der Waals surface area (Å²) in [6.45, 7) is 3.64. The predicted molar refractivity (Wildman–Crippen MR) is 93.0 cm³/mol. The number of nitrogens with one attached hydrogen (secondary N) is 1. The van der Waals surface area contributed by atoms with Crippen LogP contribution >= 0.6 is 0 Å². The number of pyridine rings is 1. The van der Waals surface area contributed by atoms with E-state index in [1.807, 2.05) is 18.2 Å². The van der Waals surface area contributed by atoms with Crippen molar-refractivity contribution in [1.82, 2.24) is 9.88 Å². The van der Waals surface area contributed by atoms with Crippen LogP contribution in [0.3, 0.4) is 0 Å². The predicted octanol–water partition coefficient (Wildman–Crippen LogP) is 3.26. The van der Waals surface area contributed by atoms with E-state index in [9.17, 15) is 9.18 Å². The maximum absolute atomic E-state index is 13.1. The highest BCUT2D eigenvalue weighted by molar-refractivity contribution is 5.93. The van der Waals surface area contributed by atoms with E-state index in [0.717, 1.165) is 30.8 Å². The Labute approximate surface area is 141 Å². The van der Waals surface area contributed by atoms with Gasteiger partial charge in [-0.15, -0.1) is 0 Å². The fourth-order valence-corrected chi connectivity index (χ4v) is 2.80. The Balaban J connectivity index is 1.56. The van der Waals surface area contributed by atoms with Crippen LogP contribution in [0.1, 0.15) is 17.7 Å². The molecule has 2 heterocycles. The van der Waals surface area contributed by atoms with Gasteiger partial charge in [0.1, 0.15) is 5.82 Å². The molecule has 1 amide bonds. The maximum atomic E-state index is 13.1. The standard InChI is InChI=1S/C19H20FN3O/c1-14-12-16(20)5-6-17(14)22-19(24)13-23-10-7-15(8-11-23)18-4-2-3-9-21-18/h2-7,9,12H,8,10-11,13H2,1H3,(H,22,24). The van der Waals surface area contributed by atoms with Crippen molar-refractivity contribution in [1.29, 1.82) is 0 Å². The number of carbonyl (C=O) groups is 1. The minimum atomic E-state index is -0.297. The minimum absolute atomic E-state index is 0.0839. The molecule has 0 aliphatic carbocycles. The number of anilines is 1. The molecule has 5 heteroatoms. The second kappa shape index (κ2) is 7.36. The van der Waals surface area contributed by atoms with Gasteiger partial charge in [0.2, 0.25) is 5.91 Å². The topological polar surface area (TPSA) is 45.2 Å². The van der Waals surface area contributed by atoms with Gasteiger partial charge in [0.15, 0.2) is 0 Å². The molecule has 4 nitrogen and oxygen atoms in total. The Morgan fingerprint density at radius 2 is 2.21 bits per heavy atom. The van der Waals surface area contributed by atoms with Crippen LogP contribution in [-0.4, -0.2) is 35.4 Å². The van der Waals surface area contributed by atoms with Gasteiger partial charge in [0.25, 0.3) is 0 Å². The van der Waals surface area contributed by atoms with Crippen LogP contribution in [0.2, 0.25) is 0 Å². The Hall–Kier alpha value is -2.53. The highest BCUT2D eigenvalue weighted by atomic mass is 19.1. The van der Waals surface area contributed by atoms with Crippen molar-refractivity contribution in [2.75, 3.05) is 25.0 Å². The fraction of sp³-hybridized carbons (Fsp3) is 0.263. The molecule has 1 N–H and O–H groups in total. The molecule has 0 radical (unpaired) electrons. The molecule has 1 aliphatic heterocycles. The van der Waals surface area contributed by atoms with Crippen LogP contribution in [0.5, 0.6) is 0 Å². The number of carbonyl (C=O) groups excluding carboxylic acids is 1. The number of hydrogen-bond acceptors (Lipinski definition) is 3. The lowest BCUT2D eigenvalue weighted by Crippen LogP contribution is -2.36. The fourth-order valence-electron chi connectivity index (χ4n) is 2.80. The summed E-state index contributed by atoms with van der Waals surface area (Å²) in [4.78, 5) is 18.6. The lowest BCUT2D eigenvalue weighted by Gasteiger charge is -2.25. The first-order chi connectivity index (χ1) is 11.6. The van der Waals surface area contributed by atoms with Crippen LogP contribution in [0, 0.1) is 12.7 Å². The van der Waals surface area contributed by atoms with Gasteiger partial charge in [-0.1, -0.05) is 12.1 Å². The first kappa shape index (κ1) is 16.3. The summed E-state index contributed by atoms with van der Waals surface area (Å²) < 4.78 is 13.1. The second-order valence-corrected chi connectivity index (χ2v) is 5.94. The summed E-state index contributed by atoms with van der Waals surface area (Å²) in [6.07, 6.45) is 4.79. The molecule has 3 rings (SSSR count). The van der Waals surface area contributed by atoms with E-state index in [2.05, 4.69) is 21.3 Å². The molecule has 0 spiro atoms. The van der Waals surface area contributed by atoms with Crippen molar-refractivity contribution >= 4 is 17.2 Å². The molecule has 0 bridgehead atoms. The smallest absolute Gasteiger partial charge is 0.238 e. The molecule has 0 saturated carbocycles. The molecule has 1 aromatic carbocycles. The number of amides is 1. The zero-order chi connectivity index (χ0) is 16.9. The van der Waals surface area contributed by atoms with E-state index in [1.165, 1.54) is 17.7 Å². The average molecular weight is 325 g/mol. The number of halogens is 1. The number of benzene rings is 1. The number of rotatable bonds is 4. The molecule has 0 unspecified atom stereocenters. The third kappa shape index (κ3) is 4.06. The minimum Gasteiger partial charge on any atom is -0.325 e. The molecule has 0 fully saturated rings. The number of hydrogen-bond donors (Lipinski definition) is 1. The van der Waals surface area contributed by atoms with E-state index in [0.29, 0.717) is 12.2 Å².